The Hall–Kier alpha value is -1.91. The Kier molecular flexibility index (Phi) is 6.13. The molecule has 0 saturated carbocycles. The second-order valence-electron chi connectivity index (χ2n) is 5.09. The van der Waals surface area contributed by atoms with Crippen LogP contribution in [0.2, 0.25) is 10.0 Å². The summed E-state index contributed by atoms with van der Waals surface area (Å²) >= 11 is 11.8. The van der Waals surface area contributed by atoms with Crippen molar-refractivity contribution in [2.45, 2.75) is 13.3 Å². The summed E-state index contributed by atoms with van der Waals surface area (Å²) in [4.78, 5) is 12.0. The SMILES string of the molecule is COc1ccc(C)cc1NCCC(=O)Nc1cc(Cl)cc(Cl)c1. The van der Waals surface area contributed by atoms with Gasteiger partial charge in [-0.3, -0.25) is 4.79 Å². The standard InChI is InChI=1S/C17H18Cl2N2O2/c1-11-3-4-16(23-2)15(7-11)20-6-5-17(22)21-14-9-12(18)8-13(19)10-14/h3-4,7-10,20H,5-6H2,1-2H3,(H,21,22). The number of aryl methyl sites for hydroxylation is 1. The number of rotatable bonds is 6. The van der Waals surface area contributed by atoms with Crippen molar-refractivity contribution in [1.82, 2.24) is 0 Å². The molecule has 0 aliphatic carbocycles. The number of ether oxygens (including phenoxy) is 1. The van der Waals surface area contributed by atoms with Crippen LogP contribution in [0.5, 0.6) is 5.75 Å². The molecule has 0 bridgehead atoms. The first-order valence-corrected chi connectivity index (χ1v) is 7.88. The minimum atomic E-state index is -0.123. The molecule has 0 radical (unpaired) electrons. The van der Waals surface area contributed by atoms with Crippen molar-refractivity contribution in [1.29, 1.82) is 0 Å². The van der Waals surface area contributed by atoms with E-state index in [9.17, 15) is 4.79 Å². The second-order valence-corrected chi connectivity index (χ2v) is 5.96. The van der Waals surface area contributed by atoms with E-state index >= 15 is 0 Å². The molecular formula is C17H18Cl2N2O2. The van der Waals surface area contributed by atoms with Crippen molar-refractivity contribution in [3.63, 3.8) is 0 Å². The summed E-state index contributed by atoms with van der Waals surface area (Å²) < 4.78 is 5.29. The first-order chi connectivity index (χ1) is 11.0. The van der Waals surface area contributed by atoms with Gasteiger partial charge < -0.3 is 15.4 Å². The van der Waals surface area contributed by atoms with Crippen LogP contribution in [-0.4, -0.2) is 19.6 Å². The topological polar surface area (TPSA) is 50.4 Å². The van der Waals surface area contributed by atoms with Gasteiger partial charge in [-0.15, -0.1) is 0 Å². The summed E-state index contributed by atoms with van der Waals surface area (Å²) in [6.07, 6.45) is 0.307. The molecule has 0 spiro atoms. The van der Waals surface area contributed by atoms with Crippen molar-refractivity contribution < 1.29 is 9.53 Å². The summed E-state index contributed by atoms with van der Waals surface area (Å²) in [5.74, 6) is 0.625. The third-order valence-electron chi connectivity index (χ3n) is 3.17. The van der Waals surface area contributed by atoms with E-state index in [1.807, 2.05) is 25.1 Å². The van der Waals surface area contributed by atoms with Gasteiger partial charge in [-0.05, 0) is 42.8 Å². The zero-order valence-electron chi connectivity index (χ0n) is 13.0. The van der Waals surface area contributed by atoms with E-state index in [4.69, 9.17) is 27.9 Å². The number of methoxy groups -OCH3 is 1. The van der Waals surface area contributed by atoms with Gasteiger partial charge in [0.1, 0.15) is 5.75 Å². The molecular weight excluding hydrogens is 335 g/mol. The predicted molar refractivity (Wildman–Crippen MR) is 95.9 cm³/mol. The number of amides is 1. The Morgan fingerprint density at radius 1 is 1.13 bits per heavy atom. The van der Waals surface area contributed by atoms with Gasteiger partial charge in [-0.1, -0.05) is 29.3 Å². The highest BCUT2D eigenvalue weighted by molar-refractivity contribution is 6.35. The van der Waals surface area contributed by atoms with Gasteiger partial charge in [0.05, 0.1) is 12.8 Å². The highest BCUT2D eigenvalue weighted by Gasteiger charge is 2.06. The summed E-state index contributed by atoms with van der Waals surface area (Å²) in [7, 11) is 1.62. The quantitative estimate of drug-likeness (QED) is 0.788. The number of halogens is 2. The Balaban J connectivity index is 1.89. The smallest absolute Gasteiger partial charge is 0.226 e. The van der Waals surface area contributed by atoms with Gasteiger partial charge in [-0.25, -0.2) is 0 Å². The number of carbonyl (C=O) groups is 1. The maximum absolute atomic E-state index is 12.0. The molecule has 122 valence electrons. The number of hydrogen-bond acceptors (Lipinski definition) is 3. The lowest BCUT2D eigenvalue weighted by Gasteiger charge is -2.12. The van der Waals surface area contributed by atoms with Crippen molar-refractivity contribution in [2.75, 3.05) is 24.3 Å². The van der Waals surface area contributed by atoms with E-state index in [2.05, 4.69) is 10.6 Å². The van der Waals surface area contributed by atoms with E-state index in [-0.39, 0.29) is 5.91 Å². The molecule has 0 heterocycles. The first-order valence-electron chi connectivity index (χ1n) is 7.12. The Bertz CT molecular complexity index is 685. The Labute approximate surface area is 145 Å². The molecule has 2 rings (SSSR count). The lowest BCUT2D eigenvalue weighted by molar-refractivity contribution is -0.115. The molecule has 6 heteroatoms. The summed E-state index contributed by atoms with van der Waals surface area (Å²) in [6, 6.07) is 10.8. The largest absolute Gasteiger partial charge is 0.495 e. The fourth-order valence-electron chi connectivity index (χ4n) is 2.12. The fourth-order valence-corrected chi connectivity index (χ4v) is 2.65. The zero-order chi connectivity index (χ0) is 16.8. The van der Waals surface area contributed by atoms with Crippen LogP contribution in [0, 0.1) is 6.92 Å². The molecule has 0 atom stereocenters. The number of anilines is 2. The monoisotopic (exact) mass is 352 g/mol. The molecule has 2 aromatic rings. The summed E-state index contributed by atoms with van der Waals surface area (Å²) in [5.41, 5.74) is 2.57. The van der Waals surface area contributed by atoms with Crippen LogP contribution in [0.15, 0.2) is 36.4 Å². The van der Waals surface area contributed by atoms with E-state index in [0.29, 0.717) is 28.7 Å². The van der Waals surface area contributed by atoms with Gasteiger partial charge in [0, 0.05) is 28.7 Å². The Morgan fingerprint density at radius 3 is 2.48 bits per heavy atom. The van der Waals surface area contributed by atoms with Crippen molar-refractivity contribution in [3.8, 4) is 5.75 Å². The minimum Gasteiger partial charge on any atom is -0.495 e. The molecule has 1 amide bonds. The normalized spacial score (nSPS) is 10.3. The van der Waals surface area contributed by atoms with E-state index in [1.54, 1.807) is 25.3 Å². The first kappa shape index (κ1) is 17.4. The van der Waals surface area contributed by atoms with Crippen LogP contribution in [0.25, 0.3) is 0 Å². The number of benzene rings is 2. The highest BCUT2D eigenvalue weighted by Crippen LogP contribution is 2.25. The maximum atomic E-state index is 12.0. The average Bonchev–Trinajstić information content (AvgIpc) is 2.46. The van der Waals surface area contributed by atoms with Gasteiger partial charge in [0.15, 0.2) is 0 Å². The van der Waals surface area contributed by atoms with Gasteiger partial charge in [-0.2, -0.15) is 0 Å². The maximum Gasteiger partial charge on any atom is 0.226 e. The molecule has 0 aliphatic heterocycles. The van der Waals surface area contributed by atoms with Crippen molar-refractivity contribution in [3.05, 3.63) is 52.0 Å². The zero-order valence-corrected chi connectivity index (χ0v) is 14.5. The third-order valence-corrected chi connectivity index (χ3v) is 3.61. The number of hydrogen-bond donors (Lipinski definition) is 2. The predicted octanol–water partition coefficient (Wildman–Crippen LogP) is 4.75. The third kappa shape index (κ3) is 5.34. The lowest BCUT2D eigenvalue weighted by atomic mass is 10.2. The lowest BCUT2D eigenvalue weighted by Crippen LogP contribution is -2.16. The minimum absolute atomic E-state index is 0.123. The van der Waals surface area contributed by atoms with Gasteiger partial charge in [0.2, 0.25) is 5.91 Å². The van der Waals surface area contributed by atoms with Gasteiger partial charge in [0.25, 0.3) is 0 Å². The average molecular weight is 353 g/mol. The molecule has 2 N–H and O–H groups in total. The van der Waals surface area contributed by atoms with Crippen LogP contribution < -0.4 is 15.4 Å². The molecule has 0 saturated heterocycles. The van der Waals surface area contributed by atoms with E-state index < -0.39 is 0 Å². The Morgan fingerprint density at radius 2 is 1.83 bits per heavy atom. The fraction of sp³-hybridized carbons (Fsp3) is 0.235. The van der Waals surface area contributed by atoms with Crippen LogP contribution in [0.3, 0.4) is 0 Å². The van der Waals surface area contributed by atoms with Crippen molar-refractivity contribution >= 4 is 40.5 Å². The molecule has 0 aliphatic rings. The molecule has 0 aromatic heterocycles. The van der Waals surface area contributed by atoms with Crippen LogP contribution in [-0.2, 0) is 4.79 Å². The highest BCUT2D eigenvalue weighted by atomic mass is 35.5. The van der Waals surface area contributed by atoms with E-state index in [0.717, 1.165) is 17.0 Å². The molecule has 2 aromatic carbocycles. The molecule has 0 unspecified atom stereocenters. The van der Waals surface area contributed by atoms with Crippen LogP contribution in [0.1, 0.15) is 12.0 Å². The number of carbonyl (C=O) groups excluding carboxylic acids is 1. The second kappa shape index (κ2) is 8.09. The van der Waals surface area contributed by atoms with Crippen LogP contribution in [0.4, 0.5) is 11.4 Å². The summed E-state index contributed by atoms with van der Waals surface area (Å²) in [6.45, 7) is 2.49. The molecule has 23 heavy (non-hydrogen) atoms. The molecule has 0 fully saturated rings. The van der Waals surface area contributed by atoms with Crippen molar-refractivity contribution in [2.24, 2.45) is 0 Å². The number of nitrogens with one attached hydrogen (secondary N) is 2. The van der Waals surface area contributed by atoms with Crippen LogP contribution >= 0.6 is 23.2 Å². The van der Waals surface area contributed by atoms with E-state index in [1.165, 1.54) is 0 Å². The molecule has 4 nitrogen and oxygen atoms in total. The summed E-state index contributed by atoms with van der Waals surface area (Å²) in [5, 5.41) is 6.94. The van der Waals surface area contributed by atoms with Gasteiger partial charge >= 0.3 is 0 Å².